The second-order valence-corrected chi connectivity index (χ2v) is 5.66. The van der Waals surface area contributed by atoms with Gasteiger partial charge in [-0.15, -0.1) is 11.8 Å². The molecule has 0 atom stereocenters. The van der Waals surface area contributed by atoms with Crippen molar-refractivity contribution in [3.05, 3.63) is 42.5 Å². The molecule has 0 saturated carbocycles. The Balaban J connectivity index is 2.52. The van der Waals surface area contributed by atoms with Crippen LogP contribution >= 0.6 is 11.8 Å². The molecule has 0 amide bonds. The lowest BCUT2D eigenvalue weighted by molar-refractivity contribution is 0.478. The predicted molar refractivity (Wildman–Crippen MR) is 81.2 cm³/mol. The largest absolute Gasteiger partial charge is 0.507 e. The standard InChI is InChI=1S/C16H14O2S/c1-2-19-13-9-5-8-12-14(13)16(18)11-7-4-3-6-10(11)15(12)17/h3-9,17-18H,2H2,1H3. The van der Waals surface area contributed by atoms with Gasteiger partial charge in [0.05, 0.1) is 0 Å². The first-order valence-corrected chi connectivity index (χ1v) is 7.20. The molecule has 3 heteroatoms. The van der Waals surface area contributed by atoms with E-state index in [-0.39, 0.29) is 11.5 Å². The minimum atomic E-state index is 0.238. The number of thioether (sulfide) groups is 1. The summed E-state index contributed by atoms with van der Waals surface area (Å²) >= 11 is 1.67. The quantitative estimate of drug-likeness (QED) is 0.409. The van der Waals surface area contributed by atoms with E-state index in [1.54, 1.807) is 11.8 Å². The van der Waals surface area contributed by atoms with Crippen LogP contribution < -0.4 is 0 Å². The lowest BCUT2D eigenvalue weighted by Gasteiger charge is -2.12. The van der Waals surface area contributed by atoms with Crippen LogP contribution in [0.1, 0.15) is 6.92 Å². The molecule has 2 nitrogen and oxygen atoms in total. The molecule has 0 aliphatic carbocycles. The number of hydrogen-bond acceptors (Lipinski definition) is 3. The van der Waals surface area contributed by atoms with Gasteiger partial charge in [-0.1, -0.05) is 43.3 Å². The van der Waals surface area contributed by atoms with Crippen LogP contribution in [0.4, 0.5) is 0 Å². The summed E-state index contributed by atoms with van der Waals surface area (Å²) in [6.07, 6.45) is 0. The van der Waals surface area contributed by atoms with Crippen molar-refractivity contribution in [1.82, 2.24) is 0 Å². The summed E-state index contributed by atoms with van der Waals surface area (Å²) in [4.78, 5) is 0.999. The van der Waals surface area contributed by atoms with Gasteiger partial charge in [0.2, 0.25) is 0 Å². The van der Waals surface area contributed by atoms with Gasteiger partial charge in [0.15, 0.2) is 0 Å². The highest BCUT2D eigenvalue weighted by Gasteiger charge is 2.14. The average Bonchev–Trinajstić information content (AvgIpc) is 2.45. The zero-order valence-corrected chi connectivity index (χ0v) is 11.4. The normalized spacial score (nSPS) is 11.2. The first-order chi connectivity index (χ1) is 9.24. The number of benzene rings is 3. The van der Waals surface area contributed by atoms with Gasteiger partial charge in [-0.2, -0.15) is 0 Å². The molecule has 0 aromatic heterocycles. The number of aromatic hydroxyl groups is 2. The predicted octanol–water partition coefficient (Wildman–Crippen LogP) is 4.52. The fraction of sp³-hybridized carbons (Fsp3) is 0.125. The molecule has 2 N–H and O–H groups in total. The van der Waals surface area contributed by atoms with Crippen LogP contribution in [0.25, 0.3) is 21.5 Å². The molecule has 0 aliphatic heterocycles. The Labute approximate surface area is 115 Å². The molecule has 0 unspecified atom stereocenters. The van der Waals surface area contributed by atoms with Crippen molar-refractivity contribution in [3.8, 4) is 11.5 Å². The molecule has 3 rings (SSSR count). The number of rotatable bonds is 2. The van der Waals surface area contributed by atoms with Crippen molar-refractivity contribution in [2.45, 2.75) is 11.8 Å². The highest BCUT2D eigenvalue weighted by Crippen LogP contribution is 2.44. The Kier molecular flexibility index (Phi) is 2.99. The molecule has 3 aromatic carbocycles. The molecule has 0 saturated heterocycles. The van der Waals surface area contributed by atoms with Gasteiger partial charge in [0.1, 0.15) is 11.5 Å². The Hall–Kier alpha value is -1.87. The first kappa shape index (κ1) is 12.2. The zero-order valence-electron chi connectivity index (χ0n) is 10.6. The maximum atomic E-state index is 10.5. The molecule has 96 valence electrons. The molecule has 0 fully saturated rings. The number of fused-ring (bicyclic) bond motifs is 2. The van der Waals surface area contributed by atoms with E-state index in [4.69, 9.17) is 0 Å². The number of phenols is 2. The summed E-state index contributed by atoms with van der Waals surface area (Å²) in [7, 11) is 0. The second-order valence-electron chi connectivity index (χ2n) is 4.35. The molecular weight excluding hydrogens is 256 g/mol. The van der Waals surface area contributed by atoms with Gasteiger partial charge >= 0.3 is 0 Å². The van der Waals surface area contributed by atoms with E-state index < -0.39 is 0 Å². The van der Waals surface area contributed by atoms with Crippen molar-refractivity contribution < 1.29 is 10.2 Å². The number of hydrogen-bond donors (Lipinski definition) is 2. The van der Waals surface area contributed by atoms with E-state index in [0.29, 0.717) is 16.2 Å². The van der Waals surface area contributed by atoms with Crippen LogP contribution in [0.3, 0.4) is 0 Å². The summed E-state index contributed by atoms with van der Waals surface area (Å²) in [6, 6.07) is 13.1. The van der Waals surface area contributed by atoms with Crippen molar-refractivity contribution in [2.24, 2.45) is 0 Å². The topological polar surface area (TPSA) is 40.5 Å². The van der Waals surface area contributed by atoms with Crippen LogP contribution in [0.15, 0.2) is 47.4 Å². The van der Waals surface area contributed by atoms with Crippen molar-refractivity contribution in [3.63, 3.8) is 0 Å². The lowest BCUT2D eigenvalue weighted by Crippen LogP contribution is -1.84. The van der Waals surface area contributed by atoms with Gasteiger partial charge in [-0.05, 0) is 11.8 Å². The summed E-state index contributed by atoms with van der Waals surface area (Å²) in [5, 5.41) is 23.7. The van der Waals surface area contributed by atoms with E-state index >= 15 is 0 Å². The van der Waals surface area contributed by atoms with Crippen molar-refractivity contribution >= 4 is 33.3 Å². The van der Waals surface area contributed by atoms with E-state index in [9.17, 15) is 10.2 Å². The summed E-state index contributed by atoms with van der Waals surface area (Å²) < 4.78 is 0. The molecule has 0 radical (unpaired) electrons. The minimum absolute atomic E-state index is 0.238. The smallest absolute Gasteiger partial charge is 0.132 e. The van der Waals surface area contributed by atoms with Crippen LogP contribution in [-0.4, -0.2) is 16.0 Å². The van der Waals surface area contributed by atoms with Crippen LogP contribution in [-0.2, 0) is 0 Å². The first-order valence-electron chi connectivity index (χ1n) is 6.22. The van der Waals surface area contributed by atoms with E-state index in [0.717, 1.165) is 16.0 Å². The fourth-order valence-corrected chi connectivity index (χ4v) is 3.26. The van der Waals surface area contributed by atoms with Crippen LogP contribution in [0.5, 0.6) is 11.5 Å². The Morgan fingerprint density at radius 1 is 0.842 bits per heavy atom. The van der Waals surface area contributed by atoms with Gasteiger partial charge in [0, 0.05) is 26.4 Å². The minimum Gasteiger partial charge on any atom is -0.507 e. The number of phenolic OH excluding ortho intramolecular Hbond substituents is 2. The summed E-state index contributed by atoms with van der Waals surface area (Å²) in [5.74, 6) is 1.41. The lowest BCUT2D eigenvalue weighted by atomic mass is 10.0. The van der Waals surface area contributed by atoms with Gasteiger partial charge < -0.3 is 10.2 Å². The van der Waals surface area contributed by atoms with E-state index in [2.05, 4.69) is 6.92 Å². The fourth-order valence-electron chi connectivity index (χ4n) is 2.42. The highest BCUT2D eigenvalue weighted by atomic mass is 32.2. The van der Waals surface area contributed by atoms with Crippen molar-refractivity contribution in [1.29, 1.82) is 0 Å². The molecular formula is C16H14O2S. The molecule has 0 bridgehead atoms. The maximum absolute atomic E-state index is 10.5. The van der Waals surface area contributed by atoms with Gasteiger partial charge in [-0.25, -0.2) is 0 Å². The van der Waals surface area contributed by atoms with E-state index in [1.165, 1.54) is 0 Å². The highest BCUT2D eigenvalue weighted by molar-refractivity contribution is 7.99. The average molecular weight is 270 g/mol. The maximum Gasteiger partial charge on any atom is 0.132 e. The Bertz CT molecular complexity index is 765. The Morgan fingerprint density at radius 2 is 1.47 bits per heavy atom. The third-order valence-electron chi connectivity index (χ3n) is 3.26. The van der Waals surface area contributed by atoms with E-state index in [1.807, 2.05) is 42.5 Å². The molecule has 3 aromatic rings. The molecule has 0 spiro atoms. The van der Waals surface area contributed by atoms with Crippen LogP contribution in [0.2, 0.25) is 0 Å². The van der Waals surface area contributed by atoms with Gasteiger partial charge in [0.25, 0.3) is 0 Å². The van der Waals surface area contributed by atoms with Crippen molar-refractivity contribution in [2.75, 3.05) is 5.75 Å². The molecule has 19 heavy (non-hydrogen) atoms. The summed E-state index contributed by atoms with van der Waals surface area (Å²) in [6.45, 7) is 2.07. The third-order valence-corrected chi connectivity index (χ3v) is 4.20. The summed E-state index contributed by atoms with van der Waals surface area (Å²) in [5.41, 5.74) is 0. The monoisotopic (exact) mass is 270 g/mol. The Morgan fingerprint density at radius 3 is 2.16 bits per heavy atom. The van der Waals surface area contributed by atoms with Gasteiger partial charge in [-0.3, -0.25) is 0 Å². The molecule has 0 aliphatic rings. The third kappa shape index (κ3) is 1.81. The SMILES string of the molecule is CCSc1cccc2c(O)c3ccccc3c(O)c12. The zero-order chi connectivity index (χ0) is 13.4. The molecule has 0 heterocycles. The van der Waals surface area contributed by atoms with Crippen LogP contribution in [0, 0.1) is 0 Å². The second kappa shape index (κ2) is 4.67.